The van der Waals surface area contributed by atoms with Gasteiger partial charge in [0.05, 0.1) is 18.1 Å². The van der Waals surface area contributed by atoms with Crippen LogP contribution in [0.5, 0.6) is 0 Å². The first-order valence-electron chi connectivity index (χ1n) is 7.58. The van der Waals surface area contributed by atoms with Crippen molar-refractivity contribution in [1.82, 2.24) is 4.57 Å². The first kappa shape index (κ1) is 13.7. The number of fused-ring (bicyclic) bond motifs is 3. The molecule has 0 bridgehead atoms. The lowest BCUT2D eigenvalue weighted by molar-refractivity contribution is 0.175. The van der Waals surface area contributed by atoms with E-state index in [-0.39, 0.29) is 6.09 Å². The summed E-state index contributed by atoms with van der Waals surface area (Å²) in [5, 5.41) is 2.27. The standard InChI is InChI=1S/C18H18NO2S/c1-21-18(20)19-16-7-3-2-6-14(16)15-12-13(8-9-17(15)19)22-10-4-5-11-22/h2-3,6-9,12H,4-5,10-11H2,1H3/q+1. The summed E-state index contributed by atoms with van der Waals surface area (Å²) in [7, 11) is 1.81. The second-order valence-corrected chi connectivity index (χ2v) is 7.88. The van der Waals surface area contributed by atoms with Crippen molar-refractivity contribution in [3.63, 3.8) is 0 Å². The Balaban J connectivity index is 2.00. The van der Waals surface area contributed by atoms with Crippen LogP contribution >= 0.6 is 0 Å². The molecule has 0 amide bonds. The second kappa shape index (κ2) is 5.36. The number of methoxy groups -OCH3 is 1. The average Bonchev–Trinajstić information content (AvgIpc) is 3.20. The smallest absolute Gasteiger partial charge is 0.418 e. The second-order valence-electron chi connectivity index (χ2n) is 5.61. The van der Waals surface area contributed by atoms with E-state index in [1.54, 1.807) is 4.57 Å². The van der Waals surface area contributed by atoms with Crippen LogP contribution in [-0.2, 0) is 15.6 Å². The summed E-state index contributed by atoms with van der Waals surface area (Å²) in [6.45, 7) is 0. The molecule has 0 radical (unpaired) electrons. The molecule has 0 saturated carbocycles. The highest BCUT2D eigenvalue weighted by Gasteiger charge is 2.28. The van der Waals surface area contributed by atoms with Gasteiger partial charge in [-0.2, -0.15) is 0 Å². The maximum absolute atomic E-state index is 12.2. The first-order valence-corrected chi connectivity index (χ1v) is 9.15. The number of aromatic nitrogens is 1. The van der Waals surface area contributed by atoms with Crippen LogP contribution in [0.15, 0.2) is 47.4 Å². The summed E-state index contributed by atoms with van der Waals surface area (Å²) >= 11 is 0. The molecule has 0 aliphatic carbocycles. The van der Waals surface area contributed by atoms with Gasteiger partial charge in [0, 0.05) is 27.7 Å². The number of rotatable bonds is 1. The topological polar surface area (TPSA) is 31.2 Å². The minimum absolute atomic E-state index is 0.331. The predicted molar refractivity (Wildman–Crippen MR) is 91.8 cm³/mol. The van der Waals surface area contributed by atoms with Gasteiger partial charge in [-0.25, -0.2) is 9.36 Å². The Morgan fingerprint density at radius 2 is 1.77 bits per heavy atom. The van der Waals surface area contributed by atoms with Crippen molar-refractivity contribution in [2.75, 3.05) is 18.6 Å². The third-order valence-electron chi connectivity index (χ3n) is 4.37. The van der Waals surface area contributed by atoms with E-state index in [9.17, 15) is 4.79 Å². The molecule has 1 aromatic heterocycles. The van der Waals surface area contributed by atoms with Gasteiger partial charge in [-0.1, -0.05) is 18.2 Å². The van der Waals surface area contributed by atoms with Gasteiger partial charge in [0.1, 0.15) is 11.5 Å². The molecule has 0 unspecified atom stereocenters. The van der Waals surface area contributed by atoms with E-state index in [0.717, 1.165) is 21.8 Å². The van der Waals surface area contributed by atoms with Crippen LogP contribution in [0, 0.1) is 0 Å². The number of ether oxygens (including phenoxy) is 1. The summed E-state index contributed by atoms with van der Waals surface area (Å²) in [5.74, 6) is 2.61. The predicted octanol–water partition coefficient (Wildman–Crippen LogP) is 4.18. The highest BCUT2D eigenvalue weighted by Crippen LogP contribution is 2.33. The van der Waals surface area contributed by atoms with Crippen molar-refractivity contribution < 1.29 is 9.53 Å². The SMILES string of the molecule is COC(=O)n1c2ccccc2c2cc([S+]3CCCC3)ccc21. The zero-order valence-corrected chi connectivity index (χ0v) is 13.4. The molecule has 0 spiro atoms. The van der Waals surface area contributed by atoms with Gasteiger partial charge in [-0.3, -0.25) is 0 Å². The molecule has 0 N–H and O–H groups in total. The van der Waals surface area contributed by atoms with E-state index >= 15 is 0 Å². The van der Waals surface area contributed by atoms with Crippen LogP contribution in [0.25, 0.3) is 21.8 Å². The van der Waals surface area contributed by atoms with E-state index in [2.05, 4.69) is 24.3 Å². The van der Waals surface area contributed by atoms with Crippen LogP contribution in [0.3, 0.4) is 0 Å². The minimum Gasteiger partial charge on any atom is -0.452 e. The van der Waals surface area contributed by atoms with Gasteiger partial charge in [0.2, 0.25) is 0 Å². The number of hydrogen-bond acceptors (Lipinski definition) is 2. The third kappa shape index (κ3) is 2.02. The van der Waals surface area contributed by atoms with Crippen molar-refractivity contribution in [2.24, 2.45) is 0 Å². The number of benzene rings is 2. The molecule has 3 aromatic rings. The number of nitrogens with zero attached hydrogens (tertiary/aromatic N) is 1. The van der Waals surface area contributed by atoms with Gasteiger partial charge in [-0.05, 0) is 31.0 Å². The molecule has 2 heterocycles. The Kier molecular flexibility index (Phi) is 3.34. The van der Waals surface area contributed by atoms with Gasteiger partial charge in [0.15, 0.2) is 4.90 Å². The molecular weight excluding hydrogens is 294 g/mol. The number of hydrogen-bond donors (Lipinski definition) is 0. The van der Waals surface area contributed by atoms with Crippen molar-refractivity contribution in [3.05, 3.63) is 42.5 Å². The Morgan fingerprint density at radius 3 is 2.55 bits per heavy atom. The monoisotopic (exact) mass is 312 g/mol. The lowest BCUT2D eigenvalue weighted by atomic mass is 10.1. The number of carbonyl (C=O) groups is 1. The van der Waals surface area contributed by atoms with Crippen LogP contribution in [0.4, 0.5) is 4.79 Å². The summed E-state index contributed by atoms with van der Waals surface area (Å²) < 4.78 is 6.64. The maximum atomic E-state index is 12.2. The zero-order chi connectivity index (χ0) is 15.1. The lowest BCUT2D eigenvalue weighted by Gasteiger charge is -2.04. The molecule has 1 fully saturated rings. The van der Waals surface area contributed by atoms with E-state index < -0.39 is 0 Å². The Labute approximate surface area is 132 Å². The largest absolute Gasteiger partial charge is 0.452 e. The van der Waals surface area contributed by atoms with Crippen LogP contribution in [-0.4, -0.2) is 29.3 Å². The Morgan fingerprint density at radius 1 is 1.05 bits per heavy atom. The van der Waals surface area contributed by atoms with Gasteiger partial charge >= 0.3 is 6.09 Å². The van der Waals surface area contributed by atoms with Crippen molar-refractivity contribution in [2.45, 2.75) is 17.7 Å². The zero-order valence-electron chi connectivity index (χ0n) is 12.5. The molecule has 4 heteroatoms. The van der Waals surface area contributed by atoms with E-state index in [0.29, 0.717) is 10.9 Å². The summed E-state index contributed by atoms with van der Waals surface area (Å²) in [5.41, 5.74) is 1.84. The highest BCUT2D eigenvalue weighted by atomic mass is 32.2. The van der Waals surface area contributed by atoms with E-state index in [1.807, 2.05) is 18.2 Å². The lowest BCUT2D eigenvalue weighted by Crippen LogP contribution is -2.10. The molecule has 112 valence electrons. The fraction of sp³-hybridized carbons (Fsp3) is 0.278. The Hall–Kier alpha value is -1.94. The highest BCUT2D eigenvalue weighted by molar-refractivity contribution is 7.97. The van der Waals surface area contributed by atoms with E-state index in [1.165, 1.54) is 36.4 Å². The van der Waals surface area contributed by atoms with E-state index in [4.69, 9.17) is 4.74 Å². The third-order valence-corrected chi connectivity index (χ3v) is 6.85. The Bertz CT molecular complexity index is 862. The number of carbonyl (C=O) groups excluding carboxylic acids is 1. The maximum Gasteiger partial charge on any atom is 0.418 e. The summed E-state index contributed by atoms with van der Waals surface area (Å²) in [6.07, 6.45) is 2.35. The fourth-order valence-corrected chi connectivity index (χ4v) is 5.64. The number of para-hydroxylation sites is 1. The fourth-order valence-electron chi connectivity index (χ4n) is 3.31. The summed E-state index contributed by atoms with van der Waals surface area (Å²) in [6, 6.07) is 14.6. The minimum atomic E-state index is -0.331. The van der Waals surface area contributed by atoms with Crippen molar-refractivity contribution in [1.29, 1.82) is 0 Å². The molecule has 0 atom stereocenters. The first-order chi connectivity index (χ1) is 10.8. The molecule has 4 rings (SSSR count). The molecule has 1 aliphatic rings. The average molecular weight is 312 g/mol. The quantitative estimate of drug-likeness (QED) is 0.631. The summed E-state index contributed by atoms with van der Waals surface area (Å²) in [4.78, 5) is 13.6. The molecular formula is C18H18NO2S+. The molecule has 1 saturated heterocycles. The molecule has 3 nitrogen and oxygen atoms in total. The van der Waals surface area contributed by atoms with Gasteiger partial charge in [-0.15, -0.1) is 0 Å². The molecule has 22 heavy (non-hydrogen) atoms. The van der Waals surface area contributed by atoms with Crippen LogP contribution in [0.2, 0.25) is 0 Å². The van der Waals surface area contributed by atoms with Crippen LogP contribution in [0.1, 0.15) is 12.8 Å². The normalized spacial score (nSPS) is 15.7. The van der Waals surface area contributed by atoms with Crippen molar-refractivity contribution in [3.8, 4) is 0 Å². The molecule has 1 aliphatic heterocycles. The van der Waals surface area contributed by atoms with Crippen molar-refractivity contribution >= 4 is 38.8 Å². The van der Waals surface area contributed by atoms with Gasteiger partial charge < -0.3 is 4.74 Å². The van der Waals surface area contributed by atoms with Gasteiger partial charge in [0.25, 0.3) is 0 Å². The molecule has 2 aromatic carbocycles. The van der Waals surface area contributed by atoms with Crippen LogP contribution < -0.4 is 0 Å².